The summed E-state index contributed by atoms with van der Waals surface area (Å²) in [5, 5.41) is 0. The number of hydrogen-bond acceptors (Lipinski definition) is 2. The molecule has 1 amide bonds. The van der Waals surface area contributed by atoms with Crippen molar-refractivity contribution in [1.29, 1.82) is 0 Å². The molecule has 4 heteroatoms. The van der Waals surface area contributed by atoms with E-state index in [-0.39, 0.29) is 5.91 Å². The van der Waals surface area contributed by atoms with Gasteiger partial charge in [0.1, 0.15) is 5.69 Å². The van der Waals surface area contributed by atoms with Gasteiger partial charge in [0.05, 0.1) is 0 Å². The van der Waals surface area contributed by atoms with Crippen molar-refractivity contribution in [2.24, 2.45) is 12.8 Å². The number of aromatic nitrogens is 1. The first kappa shape index (κ1) is 11.2. The molecule has 0 bridgehead atoms. The third-order valence-electron chi connectivity index (χ3n) is 3.16. The van der Waals surface area contributed by atoms with Crippen LogP contribution in [0.15, 0.2) is 12.3 Å². The van der Waals surface area contributed by atoms with Gasteiger partial charge in [-0.3, -0.25) is 4.79 Å². The van der Waals surface area contributed by atoms with Gasteiger partial charge in [0.15, 0.2) is 0 Å². The first-order valence-corrected chi connectivity index (χ1v) is 5.87. The van der Waals surface area contributed by atoms with E-state index in [4.69, 9.17) is 5.73 Å². The summed E-state index contributed by atoms with van der Waals surface area (Å²) in [6.07, 6.45) is 5.42. The fourth-order valence-electron chi connectivity index (χ4n) is 2.22. The van der Waals surface area contributed by atoms with E-state index in [0.29, 0.717) is 6.54 Å². The molecule has 1 saturated heterocycles. The van der Waals surface area contributed by atoms with Crippen LogP contribution in [0.5, 0.6) is 0 Å². The number of carbonyl (C=O) groups is 1. The van der Waals surface area contributed by atoms with E-state index < -0.39 is 0 Å². The van der Waals surface area contributed by atoms with E-state index in [2.05, 4.69) is 0 Å². The highest BCUT2D eigenvalue weighted by atomic mass is 16.2. The topological polar surface area (TPSA) is 51.3 Å². The summed E-state index contributed by atoms with van der Waals surface area (Å²) >= 11 is 0. The Morgan fingerprint density at radius 2 is 2.06 bits per heavy atom. The van der Waals surface area contributed by atoms with Gasteiger partial charge in [-0.1, -0.05) is 0 Å². The minimum Gasteiger partial charge on any atom is -0.346 e. The van der Waals surface area contributed by atoms with Crippen molar-refractivity contribution in [3.05, 3.63) is 23.5 Å². The molecular formula is C12H19N3O. The summed E-state index contributed by atoms with van der Waals surface area (Å²) < 4.78 is 1.87. The Balaban J connectivity index is 2.15. The average molecular weight is 221 g/mol. The maximum atomic E-state index is 12.2. The highest BCUT2D eigenvalue weighted by Gasteiger charge is 2.20. The minimum atomic E-state index is 0.141. The van der Waals surface area contributed by atoms with Crippen LogP contribution in [0.25, 0.3) is 0 Å². The summed E-state index contributed by atoms with van der Waals surface area (Å²) in [4.78, 5) is 14.2. The molecule has 0 aromatic carbocycles. The lowest BCUT2D eigenvalue weighted by molar-refractivity contribution is 0.0714. The van der Waals surface area contributed by atoms with Crippen LogP contribution in [0.2, 0.25) is 0 Å². The lowest BCUT2D eigenvalue weighted by atomic mass is 10.1. The molecule has 16 heavy (non-hydrogen) atoms. The highest BCUT2D eigenvalue weighted by molar-refractivity contribution is 5.93. The molecule has 1 aromatic rings. The van der Waals surface area contributed by atoms with Gasteiger partial charge in [-0.15, -0.1) is 0 Å². The van der Waals surface area contributed by atoms with E-state index in [1.54, 1.807) is 0 Å². The summed E-state index contributed by atoms with van der Waals surface area (Å²) in [6.45, 7) is 2.27. The van der Waals surface area contributed by atoms with Crippen molar-refractivity contribution >= 4 is 5.91 Å². The predicted molar refractivity (Wildman–Crippen MR) is 63.1 cm³/mol. The Morgan fingerprint density at radius 3 is 2.62 bits per heavy atom. The van der Waals surface area contributed by atoms with E-state index in [0.717, 1.165) is 37.2 Å². The van der Waals surface area contributed by atoms with Crippen molar-refractivity contribution in [3.63, 3.8) is 0 Å². The van der Waals surface area contributed by atoms with Crippen LogP contribution in [0.3, 0.4) is 0 Å². The van der Waals surface area contributed by atoms with Crippen molar-refractivity contribution in [2.75, 3.05) is 13.1 Å². The summed E-state index contributed by atoms with van der Waals surface area (Å²) in [5.41, 5.74) is 7.34. The molecule has 1 aliphatic heterocycles. The molecular weight excluding hydrogens is 202 g/mol. The monoisotopic (exact) mass is 221 g/mol. The van der Waals surface area contributed by atoms with Crippen LogP contribution >= 0.6 is 0 Å². The van der Waals surface area contributed by atoms with Crippen molar-refractivity contribution in [1.82, 2.24) is 9.47 Å². The number of nitrogens with two attached hydrogens (primary N) is 1. The molecule has 2 N–H and O–H groups in total. The molecule has 1 aromatic heterocycles. The molecule has 88 valence electrons. The predicted octanol–water partition coefficient (Wildman–Crippen LogP) is 1.11. The number of likely N-dealkylation sites (tertiary alicyclic amines) is 1. The third-order valence-corrected chi connectivity index (χ3v) is 3.16. The number of hydrogen-bond donors (Lipinski definition) is 1. The third kappa shape index (κ3) is 2.11. The molecule has 0 aliphatic carbocycles. The van der Waals surface area contributed by atoms with Crippen LogP contribution in [-0.4, -0.2) is 28.5 Å². The van der Waals surface area contributed by atoms with Gasteiger partial charge >= 0.3 is 0 Å². The molecule has 2 rings (SSSR count). The fourth-order valence-corrected chi connectivity index (χ4v) is 2.22. The number of nitrogens with zero attached hydrogens (tertiary/aromatic N) is 2. The van der Waals surface area contributed by atoms with Gasteiger partial charge in [0.25, 0.3) is 5.91 Å². The smallest absolute Gasteiger partial charge is 0.270 e. The molecule has 0 atom stereocenters. The van der Waals surface area contributed by atoms with Gasteiger partial charge in [-0.2, -0.15) is 0 Å². The zero-order chi connectivity index (χ0) is 11.5. The van der Waals surface area contributed by atoms with Gasteiger partial charge in [0, 0.05) is 32.9 Å². The Labute approximate surface area is 96.0 Å². The second-order valence-corrected chi connectivity index (χ2v) is 4.40. The maximum Gasteiger partial charge on any atom is 0.270 e. The largest absolute Gasteiger partial charge is 0.346 e. The lowest BCUT2D eigenvalue weighted by Crippen LogP contribution is -2.36. The van der Waals surface area contributed by atoms with E-state index in [9.17, 15) is 4.79 Å². The standard InChI is InChI=1S/C12H19N3O/c1-14-9-10(8-13)7-11(14)12(16)15-5-3-2-4-6-15/h7,9H,2-6,8,13H2,1H3. The molecule has 0 unspecified atom stereocenters. The zero-order valence-corrected chi connectivity index (χ0v) is 9.78. The van der Waals surface area contributed by atoms with Crippen LogP contribution < -0.4 is 5.73 Å². The number of rotatable bonds is 2. The minimum absolute atomic E-state index is 0.141. The average Bonchev–Trinajstić information content (AvgIpc) is 2.71. The number of aryl methyl sites for hydroxylation is 1. The van der Waals surface area contributed by atoms with E-state index in [1.165, 1.54) is 6.42 Å². The van der Waals surface area contributed by atoms with Crippen molar-refractivity contribution in [3.8, 4) is 0 Å². The summed E-state index contributed by atoms with van der Waals surface area (Å²) in [5.74, 6) is 0.141. The van der Waals surface area contributed by atoms with E-state index >= 15 is 0 Å². The second-order valence-electron chi connectivity index (χ2n) is 4.40. The molecule has 1 aliphatic rings. The maximum absolute atomic E-state index is 12.2. The first-order valence-electron chi connectivity index (χ1n) is 5.87. The van der Waals surface area contributed by atoms with Crippen LogP contribution in [0, 0.1) is 0 Å². The Kier molecular flexibility index (Phi) is 3.29. The van der Waals surface area contributed by atoms with Crippen LogP contribution in [0.1, 0.15) is 35.3 Å². The fraction of sp³-hybridized carbons (Fsp3) is 0.583. The molecule has 2 heterocycles. The zero-order valence-electron chi connectivity index (χ0n) is 9.78. The molecule has 0 spiro atoms. The highest BCUT2D eigenvalue weighted by Crippen LogP contribution is 2.14. The van der Waals surface area contributed by atoms with Gasteiger partial charge in [0.2, 0.25) is 0 Å². The van der Waals surface area contributed by atoms with Crippen molar-refractivity contribution < 1.29 is 4.79 Å². The van der Waals surface area contributed by atoms with Gasteiger partial charge < -0.3 is 15.2 Å². The SMILES string of the molecule is Cn1cc(CN)cc1C(=O)N1CCCCC1. The lowest BCUT2D eigenvalue weighted by Gasteiger charge is -2.26. The Bertz CT molecular complexity index is 378. The molecule has 0 saturated carbocycles. The van der Waals surface area contributed by atoms with Crippen LogP contribution in [0.4, 0.5) is 0 Å². The first-order chi connectivity index (χ1) is 7.72. The molecule has 4 nitrogen and oxygen atoms in total. The summed E-state index contributed by atoms with van der Waals surface area (Å²) in [7, 11) is 1.90. The normalized spacial score (nSPS) is 16.5. The van der Waals surface area contributed by atoms with Crippen LogP contribution in [-0.2, 0) is 13.6 Å². The molecule has 0 radical (unpaired) electrons. The molecule has 1 fully saturated rings. The van der Waals surface area contributed by atoms with Gasteiger partial charge in [-0.05, 0) is 30.9 Å². The summed E-state index contributed by atoms with van der Waals surface area (Å²) in [6, 6.07) is 1.90. The Hall–Kier alpha value is -1.29. The van der Waals surface area contributed by atoms with E-state index in [1.807, 2.05) is 28.8 Å². The van der Waals surface area contributed by atoms with Gasteiger partial charge in [-0.25, -0.2) is 0 Å². The second kappa shape index (κ2) is 4.70. The Morgan fingerprint density at radius 1 is 1.38 bits per heavy atom. The van der Waals surface area contributed by atoms with Crippen molar-refractivity contribution in [2.45, 2.75) is 25.8 Å². The number of amides is 1. The number of carbonyl (C=O) groups excluding carboxylic acids is 1. The quantitative estimate of drug-likeness (QED) is 0.813. The number of piperidine rings is 1.